The van der Waals surface area contributed by atoms with Gasteiger partial charge in [0.25, 0.3) is 0 Å². The zero-order valence-electron chi connectivity index (χ0n) is 7.53. The molecule has 1 saturated carbocycles. The van der Waals surface area contributed by atoms with E-state index in [0.717, 1.165) is 12.8 Å². The number of hydrogen-bond donors (Lipinski definition) is 1. The lowest BCUT2D eigenvalue weighted by atomic mass is 10.5. The fourth-order valence-corrected chi connectivity index (χ4v) is 2.49. The maximum atomic E-state index is 11.6. The molecule has 4 nitrogen and oxygen atoms in total. The lowest BCUT2D eigenvalue weighted by Crippen LogP contribution is -2.39. The van der Waals surface area contributed by atoms with Gasteiger partial charge in [0.05, 0.1) is 5.25 Å². The van der Waals surface area contributed by atoms with Crippen molar-refractivity contribution < 1.29 is 8.42 Å². The molecule has 1 fully saturated rings. The Hall–Kier alpha value is -0.130. The molecule has 0 aromatic carbocycles. The average molecular weight is 192 g/mol. The molecule has 0 aliphatic heterocycles. The third-order valence-electron chi connectivity index (χ3n) is 2.30. The summed E-state index contributed by atoms with van der Waals surface area (Å²) in [4.78, 5) is 0. The average Bonchev–Trinajstić information content (AvgIpc) is 2.83. The Labute approximate surface area is 73.8 Å². The highest BCUT2D eigenvalue weighted by molar-refractivity contribution is 7.89. The second-order valence-electron chi connectivity index (χ2n) is 3.34. The van der Waals surface area contributed by atoms with Crippen LogP contribution in [0.3, 0.4) is 0 Å². The van der Waals surface area contributed by atoms with E-state index in [4.69, 9.17) is 5.73 Å². The molecule has 1 aliphatic rings. The van der Waals surface area contributed by atoms with E-state index in [1.54, 1.807) is 14.0 Å². The van der Waals surface area contributed by atoms with E-state index in [-0.39, 0.29) is 12.6 Å². The molecule has 1 aliphatic carbocycles. The molecule has 0 aromatic heterocycles. The minimum atomic E-state index is -3.12. The third kappa shape index (κ3) is 1.78. The summed E-state index contributed by atoms with van der Waals surface area (Å²) < 4.78 is 24.6. The highest BCUT2D eigenvalue weighted by Crippen LogP contribution is 2.28. The van der Waals surface area contributed by atoms with Crippen LogP contribution in [0.4, 0.5) is 0 Å². The van der Waals surface area contributed by atoms with Crippen molar-refractivity contribution in [1.29, 1.82) is 0 Å². The molecule has 72 valence electrons. The molecule has 0 saturated heterocycles. The van der Waals surface area contributed by atoms with Crippen LogP contribution < -0.4 is 5.73 Å². The van der Waals surface area contributed by atoms with E-state index in [2.05, 4.69) is 0 Å². The van der Waals surface area contributed by atoms with Gasteiger partial charge in [-0.3, -0.25) is 0 Å². The maximum Gasteiger partial charge on any atom is 0.217 e. The summed E-state index contributed by atoms with van der Waals surface area (Å²) in [5.74, 6) is 0. The largest absolute Gasteiger partial charge is 0.329 e. The normalized spacial score (nSPS) is 21.3. The highest BCUT2D eigenvalue weighted by Gasteiger charge is 2.36. The fourth-order valence-electron chi connectivity index (χ4n) is 1.05. The van der Waals surface area contributed by atoms with Crippen molar-refractivity contribution in [3.8, 4) is 0 Å². The van der Waals surface area contributed by atoms with Crippen LogP contribution in [0.2, 0.25) is 0 Å². The van der Waals surface area contributed by atoms with Crippen molar-refractivity contribution in [1.82, 2.24) is 4.31 Å². The Kier molecular flexibility index (Phi) is 2.75. The Morgan fingerprint density at radius 3 is 2.42 bits per heavy atom. The molecule has 5 heteroatoms. The lowest BCUT2D eigenvalue weighted by molar-refractivity contribution is 0.455. The Morgan fingerprint density at radius 1 is 1.58 bits per heavy atom. The van der Waals surface area contributed by atoms with Crippen molar-refractivity contribution in [2.75, 3.05) is 13.6 Å². The first kappa shape index (κ1) is 9.95. The third-order valence-corrected chi connectivity index (χ3v) is 4.61. The van der Waals surface area contributed by atoms with Gasteiger partial charge in [-0.2, -0.15) is 0 Å². The summed E-state index contributed by atoms with van der Waals surface area (Å²) in [7, 11) is -1.48. The van der Waals surface area contributed by atoms with Gasteiger partial charge in [0.1, 0.15) is 0 Å². The van der Waals surface area contributed by atoms with Gasteiger partial charge in [-0.25, -0.2) is 12.7 Å². The molecule has 0 amide bonds. The Bertz CT molecular complexity index is 246. The number of nitrogens with zero attached hydrogens (tertiary/aromatic N) is 1. The van der Waals surface area contributed by atoms with E-state index in [1.807, 2.05) is 0 Å². The molecule has 0 spiro atoms. The van der Waals surface area contributed by atoms with Gasteiger partial charge in [-0.1, -0.05) is 0 Å². The molecule has 1 unspecified atom stereocenters. The maximum absolute atomic E-state index is 11.6. The second-order valence-corrected chi connectivity index (χ2v) is 5.75. The summed E-state index contributed by atoms with van der Waals surface area (Å²) in [5, 5.41) is -0.455. The van der Waals surface area contributed by atoms with Crippen molar-refractivity contribution in [2.45, 2.75) is 31.1 Å². The lowest BCUT2D eigenvalue weighted by Gasteiger charge is -2.20. The van der Waals surface area contributed by atoms with Crippen molar-refractivity contribution >= 4 is 10.0 Å². The van der Waals surface area contributed by atoms with Gasteiger partial charge in [0.15, 0.2) is 0 Å². The predicted octanol–water partition coefficient (Wildman–Crippen LogP) is -0.242. The van der Waals surface area contributed by atoms with Crippen LogP contribution in [0, 0.1) is 0 Å². The van der Waals surface area contributed by atoms with Crippen LogP contribution >= 0.6 is 0 Å². The topological polar surface area (TPSA) is 63.4 Å². The molecule has 1 atom stereocenters. The Balaban J connectivity index is 2.69. The van der Waals surface area contributed by atoms with Crippen molar-refractivity contribution in [3.05, 3.63) is 0 Å². The van der Waals surface area contributed by atoms with Crippen LogP contribution in [0.1, 0.15) is 19.8 Å². The minimum absolute atomic E-state index is 0.194. The first-order valence-electron chi connectivity index (χ1n) is 4.17. The van der Waals surface area contributed by atoms with E-state index >= 15 is 0 Å². The van der Waals surface area contributed by atoms with Gasteiger partial charge < -0.3 is 5.73 Å². The highest BCUT2D eigenvalue weighted by atomic mass is 32.2. The van der Waals surface area contributed by atoms with Crippen LogP contribution in [-0.2, 0) is 10.0 Å². The first-order valence-corrected chi connectivity index (χ1v) is 5.67. The number of hydrogen-bond acceptors (Lipinski definition) is 3. The van der Waals surface area contributed by atoms with Gasteiger partial charge in [0.2, 0.25) is 10.0 Å². The first-order chi connectivity index (χ1) is 5.50. The van der Waals surface area contributed by atoms with E-state index < -0.39 is 15.3 Å². The SMILES string of the molecule is CC(CN)S(=O)(=O)N(C)C1CC1. The molecule has 0 radical (unpaired) electrons. The van der Waals surface area contributed by atoms with Gasteiger partial charge in [-0.05, 0) is 19.8 Å². The zero-order valence-corrected chi connectivity index (χ0v) is 8.34. The number of nitrogens with two attached hydrogens (primary N) is 1. The molecule has 1 rings (SSSR count). The van der Waals surface area contributed by atoms with Crippen molar-refractivity contribution in [2.24, 2.45) is 5.73 Å². The zero-order chi connectivity index (χ0) is 9.35. The summed E-state index contributed by atoms with van der Waals surface area (Å²) in [6.45, 7) is 1.84. The molecule has 0 bridgehead atoms. The predicted molar refractivity (Wildman–Crippen MR) is 48.2 cm³/mol. The van der Waals surface area contributed by atoms with E-state index in [1.165, 1.54) is 4.31 Å². The molecular formula is C7H16N2O2S. The quantitative estimate of drug-likeness (QED) is 0.668. The van der Waals surface area contributed by atoms with Crippen LogP contribution in [-0.4, -0.2) is 37.6 Å². The van der Waals surface area contributed by atoms with Gasteiger partial charge >= 0.3 is 0 Å². The van der Waals surface area contributed by atoms with Crippen LogP contribution in [0.25, 0.3) is 0 Å². The monoisotopic (exact) mass is 192 g/mol. The number of rotatable bonds is 4. The molecular weight excluding hydrogens is 176 g/mol. The number of sulfonamides is 1. The van der Waals surface area contributed by atoms with Gasteiger partial charge in [-0.15, -0.1) is 0 Å². The second kappa shape index (κ2) is 3.32. The summed E-state index contributed by atoms with van der Waals surface area (Å²) >= 11 is 0. The molecule has 12 heavy (non-hydrogen) atoms. The van der Waals surface area contributed by atoms with Gasteiger partial charge in [0, 0.05) is 19.6 Å². The smallest absolute Gasteiger partial charge is 0.217 e. The molecule has 0 aromatic rings. The molecule has 0 heterocycles. The minimum Gasteiger partial charge on any atom is -0.329 e. The Morgan fingerprint density at radius 2 is 2.08 bits per heavy atom. The summed E-state index contributed by atoms with van der Waals surface area (Å²) in [5.41, 5.74) is 5.31. The van der Waals surface area contributed by atoms with Crippen LogP contribution in [0.5, 0.6) is 0 Å². The summed E-state index contributed by atoms with van der Waals surface area (Å²) in [6.07, 6.45) is 1.99. The molecule has 2 N–H and O–H groups in total. The van der Waals surface area contributed by atoms with Crippen molar-refractivity contribution in [3.63, 3.8) is 0 Å². The van der Waals surface area contributed by atoms with E-state index in [0.29, 0.717) is 0 Å². The van der Waals surface area contributed by atoms with E-state index in [9.17, 15) is 8.42 Å². The standard InChI is InChI=1S/C7H16N2O2S/c1-6(5-8)12(10,11)9(2)7-3-4-7/h6-7H,3-5,8H2,1-2H3. The fraction of sp³-hybridized carbons (Fsp3) is 1.00. The van der Waals surface area contributed by atoms with Crippen LogP contribution in [0.15, 0.2) is 0 Å². The summed E-state index contributed by atoms with van der Waals surface area (Å²) in [6, 6.07) is 0.240.